The summed E-state index contributed by atoms with van der Waals surface area (Å²) >= 11 is 0. The summed E-state index contributed by atoms with van der Waals surface area (Å²) in [6.07, 6.45) is 3.16. The van der Waals surface area contributed by atoms with Crippen molar-refractivity contribution in [3.63, 3.8) is 0 Å². The number of hydrogen-bond donors (Lipinski definition) is 1. The van der Waals surface area contributed by atoms with Crippen molar-refractivity contribution in [3.05, 3.63) is 65.5 Å². The Labute approximate surface area is 122 Å². The molecule has 0 aromatic heterocycles. The van der Waals surface area contributed by atoms with Crippen molar-refractivity contribution >= 4 is 12.0 Å². The number of rotatable bonds is 5. The first-order valence-corrected chi connectivity index (χ1v) is 6.56. The molecule has 2 aromatic rings. The molecule has 0 atom stereocenters. The van der Waals surface area contributed by atoms with Crippen LogP contribution in [-0.4, -0.2) is 11.1 Å². The van der Waals surface area contributed by atoms with Gasteiger partial charge in [-0.15, -0.1) is 0 Å². The molecule has 0 bridgehead atoms. The molecule has 1 N–H and O–H groups in total. The van der Waals surface area contributed by atoms with Crippen LogP contribution in [-0.2, 0) is 11.2 Å². The van der Waals surface area contributed by atoms with Crippen molar-refractivity contribution in [1.82, 2.24) is 0 Å². The lowest BCUT2D eigenvalue weighted by atomic mass is 10.1. The van der Waals surface area contributed by atoms with E-state index in [0.29, 0.717) is 11.3 Å². The Hall–Kier alpha value is -2.62. The molecule has 4 heteroatoms. The first-order chi connectivity index (χ1) is 10.1. The van der Waals surface area contributed by atoms with Crippen molar-refractivity contribution in [2.45, 2.75) is 13.3 Å². The van der Waals surface area contributed by atoms with Gasteiger partial charge in [0.2, 0.25) is 0 Å². The molecule has 108 valence electrons. The average molecular weight is 286 g/mol. The summed E-state index contributed by atoms with van der Waals surface area (Å²) in [4.78, 5) is 10.6. The fourth-order valence-electron chi connectivity index (χ4n) is 1.84. The molecule has 0 amide bonds. The molecule has 2 aromatic carbocycles. The van der Waals surface area contributed by atoms with Gasteiger partial charge in [-0.3, -0.25) is 0 Å². The lowest BCUT2D eigenvalue weighted by Crippen LogP contribution is -1.93. The predicted molar refractivity (Wildman–Crippen MR) is 79.0 cm³/mol. The Bertz CT molecular complexity index is 660. The van der Waals surface area contributed by atoms with E-state index in [2.05, 4.69) is 0 Å². The van der Waals surface area contributed by atoms with Gasteiger partial charge in [-0.25, -0.2) is 9.18 Å². The summed E-state index contributed by atoms with van der Waals surface area (Å²) in [5, 5.41) is 8.66. The summed E-state index contributed by atoms with van der Waals surface area (Å²) in [5.41, 5.74) is 1.53. The van der Waals surface area contributed by atoms with Crippen LogP contribution >= 0.6 is 0 Å². The van der Waals surface area contributed by atoms with Gasteiger partial charge in [0.1, 0.15) is 5.75 Å². The lowest BCUT2D eigenvalue weighted by Gasteiger charge is -2.10. The molecule has 3 nitrogen and oxygen atoms in total. The van der Waals surface area contributed by atoms with Crippen molar-refractivity contribution in [2.75, 3.05) is 0 Å². The van der Waals surface area contributed by atoms with Crippen LogP contribution in [0.5, 0.6) is 11.5 Å². The fourth-order valence-corrected chi connectivity index (χ4v) is 1.84. The van der Waals surface area contributed by atoms with Crippen LogP contribution in [0.3, 0.4) is 0 Å². The summed E-state index contributed by atoms with van der Waals surface area (Å²) in [6, 6.07) is 11.7. The molecule has 0 aliphatic rings. The first-order valence-electron chi connectivity index (χ1n) is 6.56. The number of hydrogen-bond acceptors (Lipinski definition) is 2. The molecular weight excluding hydrogens is 271 g/mol. The van der Waals surface area contributed by atoms with Gasteiger partial charge in [0.15, 0.2) is 11.6 Å². The number of para-hydroxylation sites is 1. The summed E-state index contributed by atoms with van der Waals surface area (Å²) in [7, 11) is 0. The lowest BCUT2D eigenvalue weighted by molar-refractivity contribution is -0.131. The second kappa shape index (κ2) is 6.70. The van der Waals surface area contributed by atoms with E-state index >= 15 is 0 Å². The third-order valence-electron chi connectivity index (χ3n) is 2.95. The maximum Gasteiger partial charge on any atom is 0.328 e. The van der Waals surface area contributed by atoms with Crippen molar-refractivity contribution in [1.29, 1.82) is 0 Å². The molecule has 0 saturated carbocycles. The molecule has 0 saturated heterocycles. The van der Waals surface area contributed by atoms with Gasteiger partial charge in [-0.05, 0) is 36.3 Å². The quantitative estimate of drug-likeness (QED) is 0.834. The fraction of sp³-hybridized carbons (Fsp3) is 0.118. The van der Waals surface area contributed by atoms with Gasteiger partial charge >= 0.3 is 5.97 Å². The van der Waals surface area contributed by atoms with Gasteiger partial charge in [0.05, 0.1) is 0 Å². The number of benzene rings is 2. The number of aliphatic carboxylic acids is 1. The smallest absolute Gasteiger partial charge is 0.328 e. The van der Waals surface area contributed by atoms with Crippen LogP contribution in [0.4, 0.5) is 4.39 Å². The highest BCUT2D eigenvalue weighted by Gasteiger charge is 2.09. The predicted octanol–water partition coefficient (Wildman–Crippen LogP) is 4.28. The van der Waals surface area contributed by atoms with Gasteiger partial charge in [-0.2, -0.15) is 0 Å². The minimum atomic E-state index is -1.10. The normalized spacial score (nSPS) is 10.8. The van der Waals surface area contributed by atoms with E-state index in [4.69, 9.17) is 9.84 Å². The molecule has 21 heavy (non-hydrogen) atoms. The largest absolute Gasteiger partial charge is 0.478 e. The summed E-state index contributed by atoms with van der Waals surface area (Å²) in [5.74, 6) is -1.12. The second-order valence-electron chi connectivity index (χ2n) is 4.43. The highest BCUT2D eigenvalue weighted by atomic mass is 19.1. The van der Waals surface area contributed by atoms with Gasteiger partial charge in [0.25, 0.3) is 0 Å². The molecule has 0 aliphatic carbocycles. The summed E-state index contributed by atoms with van der Waals surface area (Å²) in [6.45, 7) is 2.04. The number of ether oxygens (including phenoxy) is 1. The van der Waals surface area contributed by atoms with E-state index in [-0.39, 0.29) is 5.75 Å². The molecule has 0 heterocycles. The monoisotopic (exact) mass is 286 g/mol. The van der Waals surface area contributed by atoms with E-state index in [0.717, 1.165) is 18.1 Å². The zero-order valence-corrected chi connectivity index (χ0v) is 11.5. The Morgan fingerprint density at radius 2 is 1.95 bits per heavy atom. The standard InChI is InChI=1S/C17H15FO3/c1-2-12-6-9-14(10-7-12)21-17-13(8-11-16(19)20)4-3-5-15(17)18/h3-11H,2H2,1H3,(H,19,20)/b11-8+. The number of carbonyl (C=O) groups is 1. The van der Waals surface area contributed by atoms with E-state index in [1.165, 1.54) is 18.2 Å². The Balaban J connectivity index is 2.31. The Kier molecular flexibility index (Phi) is 4.72. The molecule has 0 unspecified atom stereocenters. The highest BCUT2D eigenvalue weighted by molar-refractivity contribution is 5.85. The molecule has 0 fully saturated rings. The Morgan fingerprint density at radius 3 is 2.57 bits per heavy atom. The van der Waals surface area contributed by atoms with Crippen LogP contribution < -0.4 is 4.74 Å². The van der Waals surface area contributed by atoms with Gasteiger partial charge in [0, 0.05) is 11.6 Å². The number of aryl methyl sites for hydroxylation is 1. The van der Waals surface area contributed by atoms with Crippen LogP contribution in [0.1, 0.15) is 18.1 Å². The topological polar surface area (TPSA) is 46.5 Å². The molecule has 2 rings (SSSR count). The van der Waals surface area contributed by atoms with Gasteiger partial charge < -0.3 is 9.84 Å². The van der Waals surface area contributed by atoms with Crippen molar-refractivity contribution in [3.8, 4) is 11.5 Å². The van der Waals surface area contributed by atoms with E-state index < -0.39 is 11.8 Å². The minimum Gasteiger partial charge on any atom is -0.478 e. The molecule has 0 aliphatic heterocycles. The number of halogens is 1. The maximum absolute atomic E-state index is 13.9. The zero-order chi connectivity index (χ0) is 15.2. The highest BCUT2D eigenvalue weighted by Crippen LogP contribution is 2.29. The number of carboxylic acid groups (broad SMARTS) is 1. The molecule has 0 radical (unpaired) electrons. The minimum absolute atomic E-state index is 0.0132. The number of carboxylic acids is 1. The van der Waals surface area contributed by atoms with Crippen LogP contribution in [0.25, 0.3) is 6.08 Å². The zero-order valence-electron chi connectivity index (χ0n) is 11.5. The van der Waals surface area contributed by atoms with Crippen molar-refractivity contribution in [2.24, 2.45) is 0 Å². The SMILES string of the molecule is CCc1ccc(Oc2c(F)cccc2/C=C/C(=O)O)cc1. The van der Waals surface area contributed by atoms with Crippen LogP contribution in [0.15, 0.2) is 48.5 Å². The van der Waals surface area contributed by atoms with E-state index in [1.807, 2.05) is 19.1 Å². The van der Waals surface area contributed by atoms with E-state index in [9.17, 15) is 9.18 Å². The summed E-state index contributed by atoms with van der Waals surface area (Å²) < 4.78 is 19.5. The van der Waals surface area contributed by atoms with E-state index in [1.54, 1.807) is 18.2 Å². The van der Waals surface area contributed by atoms with Crippen LogP contribution in [0.2, 0.25) is 0 Å². The second-order valence-corrected chi connectivity index (χ2v) is 4.43. The molecular formula is C17H15FO3. The average Bonchev–Trinajstić information content (AvgIpc) is 2.48. The maximum atomic E-state index is 13.9. The van der Waals surface area contributed by atoms with Crippen LogP contribution in [0, 0.1) is 5.82 Å². The Morgan fingerprint density at radius 1 is 1.24 bits per heavy atom. The molecule has 0 spiro atoms. The first kappa shape index (κ1) is 14.8. The van der Waals surface area contributed by atoms with Crippen molar-refractivity contribution < 1.29 is 19.0 Å². The third kappa shape index (κ3) is 3.92. The van der Waals surface area contributed by atoms with Gasteiger partial charge in [-0.1, -0.05) is 31.2 Å². The third-order valence-corrected chi connectivity index (χ3v) is 2.95.